The highest BCUT2D eigenvalue weighted by atomic mass is 16.6. The van der Waals surface area contributed by atoms with Crippen LogP contribution in [0.5, 0.6) is 0 Å². The molecule has 0 aromatic carbocycles. The van der Waals surface area contributed by atoms with E-state index in [1.165, 1.54) is 0 Å². The summed E-state index contributed by atoms with van der Waals surface area (Å²) in [7, 11) is 0. The normalized spacial score (nSPS) is 63.8. The minimum Gasteiger partial charge on any atom is -0.366 e. The molecule has 0 bridgehead atoms. The molecule has 2 heterocycles. The largest absolute Gasteiger partial charge is 0.366 e. The van der Waals surface area contributed by atoms with E-state index in [1.54, 1.807) is 0 Å². The molecule has 42 valence electrons. The van der Waals surface area contributed by atoms with Gasteiger partial charge < -0.3 is 10.1 Å². The van der Waals surface area contributed by atoms with Crippen molar-refractivity contribution in [2.24, 2.45) is 5.92 Å². The quantitative estimate of drug-likeness (QED) is 0.318. The van der Waals surface area contributed by atoms with Crippen LogP contribution in [0, 0.1) is 5.92 Å². The third kappa shape index (κ3) is 0.165. The topological polar surface area (TPSA) is 41.6 Å². The van der Waals surface area contributed by atoms with Crippen molar-refractivity contribution in [2.75, 3.05) is 0 Å². The molecular weight excluding hydrogens is 106 g/mol. The molecule has 0 unspecified atom stereocenters. The van der Waals surface area contributed by atoms with Crippen LogP contribution in [-0.2, 0) is 9.53 Å². The second kappa shape index (κ2) is 0.702. The lowest BCUT2D eigenvalue weighted by atomic mass is 9.73. The highest BCUT2D eigenvalue weighted by Crippen LogP contribution is 2.51. The number of hydrogen-bond donors (Lipinski definition) is 1. The SMILES string of the molecule is O=C1N[C@@H]2[C@H]3O[C@H]3[C@H]12. The number of fused-ring (bicyclic) bond motifs is 4. The lowest BCUT2D eigenvalue weighted by molar-refractivity contribution is -0.138. The van der Waals surface area contributed by atoms with Gasteiger partial charge in [-0.15, -0.1) is 0 Å². The molecule has 3 heteroatoms. The van der Waals surface area contributed by atoms with E-state index in [4.69, 9.17) is 4.74 Å². The van der Waals surface area contributed by atoms with Gasteiger partial charge in [-0.25, -0.2) is 0 Å². The number of amides is 1. The second-order valence-corrected chi connectivity index (χ2v) is 2.63. The molecule has 3 fully saturated rings. The number of carbonyl (C=O) groups is 1. The van der Waals surface area contributed by atoms with Gasteiger partial charge in [-0.2, -0.15) is 0 Å². The number of rotatable bonds is 0. The zero-order valence-corrected chi connectivity index (χ0v) is 4.13. The number of ether oxygens (including phenoxy) is 1. The molecule has 1 aliphatic carbocycles. The van der Waals surface area contributed by atoms with E-state index in [2.05, 4.69) is 5.32 Å². The van der Waals surface area contributed by atoms with Crippen molar-refractivity contribution in [3.05, 3.63) is 0 Å². The Labute approximate surface area is 46.0 Å². The van der Waals surface area contributed by atoms with E-state index in [-0.39, 0.29) is 11.8 Å². The van der Waals surface area contributed by atoms with E-state index in [1.807, 2.05) is 0 Å². The summed E-state index contributed by atoms with van der Waals surface area (Å²) in [5.41, 5.74) is 0. The van der Waals surface area contributed by atoms with Crippen LogP contribution in [0.1, 0.15) is 0 Å². The number of epoxide rings is 1. The third-order valence-electron chi connectivity index (χ3n) is 2.27. The molecule has 3 nitrogen and oxygen atoms in total. The summed E-state index contributed by atoms with van der Waals surface area (Å²) in [6, 6.07) is 0.410. The molecule has 0 aromatic rings. The summed E-state index contributed by atoms with van der Waals surface area (Å²) in [4.78, 5) is 10.5. The van der Waals surface area contributed by atoms with Gasteiger partial charge in [0.05, 0.1) is 18.1 Å². The van der Waals surface area contributed by atoms with E-state index in [9.17, 15) is 4.79 Å². The maximum atomic E-state index is 10.5. The lowest BCUT2D eigenvalue weighted by Crippen LogP contribution is -2.69. The summed E-state index contributed by atoms with van der Waals surface area (Å²) in [6.45, 7) is 0. The molecule has 0 spiro atoms. The Morgan fingerprint density at radius 2 is 2.38 bits per heavy atom. The van der Waals surface area contributed by atoms with Gasteiger partial charge in [0, 0.05) is 0 Å². The first-order valence-corrected chi connectivity index (χ1v) is 2.84. The predicted molar refractivity (Wildman–Crippen MR) is 24.1 cm³/mol. The van der Waals surface area contributed by atoms with E-state index >= 15 is 0 Å². The second-order valence-electron chi connectivity index (χ2n) is 2.63. The predicted octanol–water partition coefficient (Wildman–Crippen LogP) is -1.12. The first-order chi connectivity index (χ1) is 3.88. The van der Waals surface area contributed by atoms with Crippen LogP contribution in [-0.4, -0.2) is 24.2 Å². The van der Waals surface area contributed by atoms with Gasteiger partial charge in [-0.05, 0) is 0 Å². The van der Waals surface area contributed by atoms with Crippen LogP contribution in [0.3, 0.4) is 0 Å². The standard InChI is InChI=1S/C5H5NO2/c7-5-1-2(6-5)4-3(1)8-4/h1-4H,(H,6,7)/t1-,2+,3+,4-/m1/s1. The number of hydrogen-bond acceptors (Lipinski definition) is 2. The van der Waals surface area contributed by atoms with Crippen molar-refractivity contribution in [1.29, 1.82) is 0 Å². The zero-order chi connectivity index (χ0) is 5.30. The average Bonchev–Trinajstić information content (AvgIpc) is 2.33. The molecule has 4 atom stereocenters. The molecule has 0 aromatic heterocycles. The van der Waals surface area contributed by atoms with Crippen LogP contribution in [0.4, 0.5) is 0 Å². The minimum absolute atomic E-state index is 0.189. The average molecular weight is 111 g/mol. The molecular formula is C5H5NO2. The Morgan fingerprint density at radius 1 is 1.50 bits per heavy atom. The number of nitrogens with one attached hydrogen (secondary N) is 1. The first kappa shape index (κ1) is 3.45. The van der Waals surface area contributed by atoms with Crippen LogP contribution in [0.25, 0.3) is 0 Å². The van der Waals surface area contributed by atoms with Gasteiger partial charge in [0.2, 0.25) is 5.91 Å². The van der Waals surface area contributed by atoms with Crippen molar-refractivity contribution in [3.8, 4) is 0 Å². The van der Waals surface area contributed by atoms with Crippen LogP contribution >= 0.6 is 0 Å². The fourth-order valence-corrected chi connectivity index (χ4v) is 1.63. The molecule has 1 saturated carbocycles. The Kier molecular flexibility index (Phi) is 0.303. The van der Waals surface area contributed by atoms with Crippen molar-refractivity contribution in [1.82, 2.24) is 5.32 Å². The highest BCUT2D eigenvalue weighted by Gasteiger charge is 2.72. The highest BCUT2D eigenvalue weighted by molar-refractivity contribution is 5.90. The maximum Gasteiger partial charge on any atom is 0.228 e. The smallest absolute Gasteiger partial charge is 0.228 e. The summed E-state index contributed by atoms with van der Waals surface area (Å²) >= 11 is 0. The summed E-state index contributed by atoms with van der Waals surface area (Å²) in [5, 5.41) is 2.77. The van der Waals surface area contributed by atoms with Gasteiger partial charge >= 0.3 is 0 Å². The van der Waals surface area contributed by atoms with Crippen molar-refractivity contribution < 1.29 is 9.53 Å². The molecule has 2 saturated heterocycles. The Hall–Kier alpha value is -0.570. The number of carbonyl (C=O) groups excluding carboxylic acids is 1. The van der Waals surface area contributed by atoms with Crippen LogP contribution in [0.2, 0.25) is 0 Å². The number of piperidine rings is 1. The van der Waals surface area contributed by atoms with E-state index in [0.717, 1.165) is 0 Å². The fourth-order valence-electron chi connectivity index (χ4n) is 1.63. The monoisotopic (exact) mass is 111 g/mol. The third-order valence-corrected chi connectivity index (χ3v) is 2.27. The van der Waals surface area contributed by atoms with Crippen molar-refractivity contribution in [3.63, 3.8) is 0 Å². The minimum atomic E-state index is 0.189. The van der Waals surface area contributed by atoms with Gasteiger partial charge in [0.1, 0.15) is 6.10 Å². The maximum absolute atomic E-state index is 10.5. The van der Waals surface area contributed by atoms with Crippen molar-refractivity contribution in [2.45, 2.75) is 18.2 Å². The molecule has 0 radical (unpaired) electrons. The summed E-state index contributed by atoms with van der Waals surface area (Å²) < 4.78 is 5.10. The van der Waals surface area contributed by atoms with Gasteiger partial charge in [0.25, 0.3) is 0 Å². The molecule has 2 aliphatic heterocycles. The van der Waals surface area contributed by atoms with Crippen LogP contribution < -0.4 is 5.32 Å². The lowest BCUT2D eigenvalue weighted by Gasteiger charge is -2.40. The molecule has 3 rings (SSSR count). The first-order valence-electron chi connectivity index (χ1n) is 2.84. The van der Waals surface area contributed by atoms with E-state index < -0.39 is 0 Å². The van der Waals surface area contributed by atoms with Crippen LogP contribution in [0.15, 0.2) is 0 Å². The Balaban J connectivity index is 1.98. The molecule has 1 amide bonds. The van der Waals surface area contributed by atoms with Crippen molar-refractivity contribution >= 4 is 5.91 Å². The van der Waals surface area contributed by atoms with Gasteiger partial charge in [-0.1, -0.05) is 0 Å². The van der Waals surface area contributed by atoms with Gasteiger partial charge in [0.15, 0.2) is 0 Å². The fraction of sp³-hybridized carbons (Fsp3) is 0.800. The summed E-state index contributed by atoms with van der Waals surface area (Å²) in [6.07, 6.45) is 0.742. The van der Waals surface area contributed by atoms with E-state index in [0.29, 0.717) is 18.2 Å². The summed E-state index contributed by atoms with van der Waals surface area (Å²) in [5.74, 6) is 0.439. The zero-order valence-electron chi connectivity index (χ0n) is 4.13. The molecule has 1 N–H and O–H groups in total. The Morgan fingerprint density at radius 3 is 2.88 bits per heavy atom. The molecule has 8 heavy (non-hydrogen) atoms. The number of β-lactam (4-membered cyclic amide) rings is 1. The molecule has 3 aliphatic rings. The van der Waals surface area contributed by atoms with Gasteiger partial charge in [-0.3, -0.25) is 4.79 Å². The Bertz CT molecular complexity index is 179.